The Hall–Kier alpha value is -2.72. The van der Waals surface area contributed by atoms with Gasteiger partial charge in [0.1, 0.15) is 12.4 Å². The minimum atomic E-state index is 0.0546. The van der Waals surface area contributed by atoms with Gasteiger partial charge in [0.05, 0.1) is 5.69 Å². The lowest BCUT2D eigenvalue weighted by Crippen LogP contribution is -1.95. The summed E-state index contributed by atoms with van der Waals surface area (Å²) >= 11 is 3.46. The summed E-state index contributed by atoms with van der Waals surface area (Å²) in [7, 11) is 0. The molecule has 0 saturated heterocycles. The van der Waals surface area contributed by atoms with Gasteiger partial charge in [0.2, 0.25) is 0 Å². The monoisotopic (exact) mass is 407 g/mol. The van der Waals surface area contributed by atoms with Crippen molar-refractivity contribution in [1.82, 2.24) is 0 Å². The fourth-order valence-electron chi connectivity index (χ4n) is 2.37. The largest absolute Gasteiger partial charge is 0.489 e. The topological polar surface area (TPSA) is 38.7 Å². The molecule has 0 amide bonds. The first kappa shape index (κ1) is 18.1. The van der Waals surface area contributed by atoms with Gasteiger partial charge in [0.15, 0.2) is 5.78 Å². The minimum absolute atomic E-state index is 0.0546. The molecule has 3 aromatic carbocycles. The Labute approximate surface area is 161 Å². The molecule has 0 N–H and O–H groups in total. The van der Waals surface area contributed by atoms with E-state index in [0.717, 1.165) is 27.0 Å². The predicted octanol–water partition coefficient (Wildman–Crippen LogP) is 5.98. The molecular weight excluding hydrogens is 390 g/mol. The Morgan fingerprint density at radius 1 is 1.04 bits per heavy atom. The molecule has 0 bridgehead atoms. The minimum Gasteiger partial charge on any atom is -0.489 e. The van der Waals surface area contributed by atoms with Gasteiger partial charge in [-0.25, -0.2) is 0 Å². The number of benzene rings is 3. The second-order valence-electron chi connectivity index (χ2n) is 5.85. The maximum Gasteiger partial charge on any atom is 0.159 e. The molecule has 0 aromatic heterocycles. The predicted molar refractivity (Wildman–Crippen MR) is 109 cm³/mol. The Balaban J connectivity index is 1.59. The highest BCUT2D eigenvalue weighted by Gasteiger charge is 1.99. The molecule has 0 aliphatic carbocycles. The average molecular weight is 408 g/mol. The molecule has 0 radical (unpaired) electrons. The van der Waals surface area contributed by atoms with Crippen LogP contribution in [0.4, 0.5) is 5.69 Å². The standard InChI is InChI=1S/C22H18BrNO2/c1-16(25)19-7-9-21(10-8-19)24-14-17-5-11-22(12-6-17)26-15-18-3-2-4-20(23)13-18/h2-14H,15H2,1H3. The van der Waals surface area contributed by atoms with E-state index >= 15 is 0 Å². The number of Topliss-reactive ketones (excluding diaryl/α,β-unsaturated/α-hetero) is 1. The number of rotatable bonds is 6. The van der Waals surface area contributed by atoms with E-state index in [1.54, 1.807) is 25.3 Å². The zero-order valence-electron chi connectivity index (χ0n) is 14.4. The summed E-state index contributed by atoms with van der Waals surface area (Å²) in [6.07, 6.45) is 1.79. The molecule has 0 spiro atoms. The molecule has 26 heavy (non-hydrogen) atoms. The Kier molecular flexibility index (Phi) is 5.97. The maximum atomic E-state index is 11.3. The fraction of sp³-hybridized carbons (Fsp3) is 0.0909. The van der Waals surface area contributed by atoms with E-state index in [-0.39, 0.29) is 5.78 Å². The van der Waals surface area contributed by atoms with E-state index in [0.29, 0.717) is 12.2 Å². The molecule has 3 nitrogen and oxygen atoms in total. The smallest absolute Gasteiger partial charge is 0.159 e. The van der Waals surface area contributed by atoms with Crippen LogP contribution in [0.1, 0.15) is 28.4 Å². The number of ketones is 1. The lowest BCUT2D eigenvalue weighted by Gasteiger charge is -2.07. The summed E-state index contributed by atoms with van der Waals surface area (Å²) < 4.78 is 6.85. The van der Waals surface area contributed by atoms with Crippen molar-refractivity contribution in [3.8, 4) is 5.75 Å². The average Bonchev–Trinajstić information content (AvgIpc) is 2.66. The van der Waals surface area contributed by atoms with Crippen molar-refractivity contribution in [3.05, 3.63) is 94.0 Å². The lowest BCUT2D eigenvalue weighted by molar-refractivity contribution is 0.101. The molecule has 0 aliphatic rings. The van der Waals surface area contributed by atoms with Gasteiger partial charge in [0.25, 0.3) is 0 Å². The van der Waals surface area contributed by atoms with Crippen molar-refractivity contribution in [1.29, 1.82) is 0 Å². The van der Waals surface area contributed by atoms with Crippen LogP contribution in [-0.4, -0.2) is 12.0 Å². The van der Waals surface area contributed by atoms with Crippen LogP contribution < -0.4 is 4.74 Å². The van der Waals surface area contributed by atoms with Crippen LogP contribution in [0.25, 0.3) is 0 Å². The molecule has 0 saturated carbocycles. The van der Waals surface area contributed by atoms with Gasteiger partial charge in [0, 0.05) is 16.3 Å². The van der Waals surface area contributed by atoms with Crippen LogP contribution in [0.5, 0.6) is 5.75 Å². The number of halogens is 1. The first-order chi connectivity index (χ1) is 12.6. The Morgan fingerprint density at radius 3 is 2.42 bits per heavy atom. The van der Waals surface area contributed by atoms with Crippen LogP contribution in [0, 0.1) is 0 Å². The highest BCUT2D eigenvalue weighted by atomic mass is 79.9. The Bertz CT molecular complexity index is 916. The van der Waals surface area contributed by atoms with E-state index in [9.17, 15) is 4.79 Å². The van der Waals surface area contributed by atoms with Crippen LogP contribution in [0.3, 0.4) is 0 Å². The molecule has 3 aromatic rings. The summed E-state index contributed by atoms with van der Waals surface area (Å²) in [5, 5.41) is 0. The molecule has 3 rings (SSSR count). The number of ether oxygens (including phenoxy) is 1. The summed E-state index contributed by atoms with van der Waals surface area (Å²) in [6, 6.07) is 23.1. The van der Waals surface area contributed by atoms with Crippen molar-refractivity contribution >= 4 is 33.6 Å². The molecule has 0 heterocycles. The van der Waals surface area contributed by atoms with E-state index in [2.05, 4.69) is 20.9 Å². The van der Waals surface area contributed by atoms with Crippen molar-refractivity contribution in [3.63, 3.8) is 0 Å². The van der Waals surface area contributed by atoms with Crippen molar-refractivity contribution < 1.29 is 9.53 Å². The van der Waals surface area contributed by atoms with Gasteiger partial charge in [-0.1, -0.05) is 28.1 Å². The molecule has 0 fully saturated rings. The zero-order valence-corrected chi connectivity index (χ0v) is 15.9. The number of aliphatic imine (C=N–C) groups is 1. The quantitative estimate of drug-likeness (QED) is 0.372. The highest BCUT2D eigenvalue weighted by molar-refractivity contribution is 9.10. The van der Waals surface area contributed by atoms with Gasteiger partial charge in [-0.15, -0.1) is 0 Å². The first-order valence-electron chi connectivity index (χ1n) is 8.22. The number of nitrogens with zero attached hydrogens (tertiary/aromatic N) is 1. The number of hydrogen-bond donors (Lipinski definition) is 0. The van der Waals surface area contributed by atoms with E-state index in [1.165, 1.54) is 0 Å². The number of carbonyl (C=O) groups excluding carboxylic acids is 1. The summed E-state index contributed by atoms with van der Waals surface area (Å²) in [4.78, 5) is 15.7. The van der Waals surface area contributed by atoms with Crippen molar-refractivity contribution in [2.24, 2.45) is 4.99 Å². The zero-order chi connectivity index (χ0) is 18.4. The van der Waals surface area contributed by atoms with Gasteiger partial charge in [-0.3, -0.25) is 9.79 Å². The van der Waals surface area contributed by atoms with Crippen LogP contribution in [0.15, 0.2) is 82.3 Å². The van der Waals surface area contributed by atoms with E-state index in [1.807, 2.05) is 60.7 Å². The van der Waals surface area contributed by atoms with Crippen LogP contribution in [-0.2, 0) is 6.61 Å². The third kappa shape index (κ3) is 5.14. The van der Waals surface area contributed by atoms with Gasteiger partial charge < -0.3 is 4.74 Å². The second-order valence-corrected chi connectivity index (χ2v) is 6.76. The van der Waals surface area contributed by atoms with Crippen molar-refractivity contribution in [2.45, 2.75) is 13.5 Å². The molecule has 0 unspecified atom stereocenters. The summed E-state index contributed by atoms with van der Waals surface area (Å²) in [5.74, 6) is 0.868. The maximum absolute atomic E-state index is 11.3. The normalized spacial score (nSPS) is 10.8. The van der Waals surface area contributed by atoms with Crippen LogP contribution in [0.2, 0.25) is 0 Å². The highest BCUT2D eigenvalue weighted by Crippen LogP contribution is 2.17. The SMILES string of the molecule is CC(=O)c1ccc(N=Cc2ccc(OCc3cccc(Br)c3)cc2)cc1. The third-order valence-electron chi connectivity index (χ3n) is 3.81. The molecule has 4 heteroatoms. The van der Waals surface area contributed by atoms with E-state index < -0.39 is 0 Å². The van der Waals surface area contributed by atoms with Gasteiger partial charge in [-0.2, -0.15) is 0 Å². The summed E-state index contributed by atoms with van der Waals surface area (Å²) in [6.45, 7) is 2.08. The van der Waals surface area contributed by atoms with Crippen LogP contribution >= 0.6 is 15.9 Å². The summed E-state index contributed by atoms with van der Waals surface area (Å²) in [5.41, 5.74) is 3.59. The van der Waals surface area contributed by atoms with Crippen molar-refractivity contribution in [2.75, 3.05) is 0 Å². The lowest BCUT2D eigenvalue weighted by atomic mass is 10.1. The molecule has 130 valence electrons. The van der Waals surface area contributed by atoms with Gasteiger partial charge in [-0.05, 0) is 78.7 Å². The first-order valence-corrected chi connectivity index (χ1v) is 9.02. The Morgan fingerprint density at radius 2 is 1.77 bits per heavy atom. The molecule has 0 aliphatic heterocycles. The molecular formula is C22H18BrNO2. The second kappa shape index (κ2) is 8.59. The third-order valence-corrected chi connectivity index (χ3v) is 4.30. The van der Waals surface area contributed by atoms with E-state index in [4.69, 9.17) is 4.74 Å². The number of hydrogen-bond acceptors (Lipinski definition) is 3. The molecule has 0 atom stereocenters. The number of carbonyl (C=O) groups is 1. The fourth-order valence-corrected chi connectivity index (χ4v) is 2.82. The van der Waals surface area contributed by atoms with Gasteiger partial charge >= 0.3 is 0 Å².